The molecule has 0 radical (unpaired) electrons. The number of ether oxygens (including phenoxy) is 1. The van der Waals surface area contributed by atoms with Crippen LogP contribution in [0.25, 0.3) is 0 Å². The first kappa shape index (κ1) is 17.2. The third-order valence-electron chi connectivity index (χ3n) is 2.65. The number of pyridine rings is 1. The molecule has 0 unspecified atom stereocenters. The van der Waals surface area contributed by atoms with E-state index in [2.05, 4.69) is 22.5 Å². The summed E-state index contributed by atoms with van der Waals surface area (Å²) in [7, 11) is 0. The fourth-order valence-electron chi connectivity index (χ4n) is 1.60. The second kappa shape index (κ2) is 8.42. The summed E-state index contributed by atoms with van der Waals surface area (Å²) in [4.78, 5) is 15.5. The molecule has 5 heteroatoms. The summed E-state index contributed by atoms with van der Waals surface area (Å²) in [6, 6.07) is 2.00. The maximum absolute atomic E-state index is 11.4. The number of nitrogens with one attached hydrogen (secondary N) is 2. The molecule has 0 aromatic carbocycles. The fraction of sp³-hybridized carbons (Fsp3) is 0.500. The van der Waals surface area contributed by atoms with Crippen LogP contribution in [0.1, 0.15) is 31.9 Å². The SMILES string of the molecule is Cc1ccncc1CNC/C=C/CNC(=O)OC(C)(C)C. The van der Waals surface area contributed by atoms with Crippen LogP contribution in [0.2, 0.25) is 0 Å². The van der Waals surface area contributed by atoms with E-state index in [4.69, 9.17) is 4.74 Å². The van der Waals surface area contributed by atoms with Crippen molar-refractivity contribution >= 4 is 6.09 Å². The molecule has 0 bridgehead atoms. The van der Waals surface area contributed by atoms with Gasteiger partial charge in [-0.05, 0) is 44.9 Å². The first-order valence-corrected chi connectivity index (χ1v) is 7.10. The predicted octanol–water partition coefficient (Wildman–Crippen LogP) is 2.56. The minimum absolute atomic E-state index is 0.397. The minimum Gasteiger partial charge on any atom is -0.444 e. The van der Waals surface area contributed by atoms with Crippen molar-refractivity contribution in [3.05, 3.63) is 41.7 Å². The highest BCUT2D eigenvalue weighted by Crippen LogP contribution is 2.06. The van der Waals surface area contributed by atoms with Crippen molar-refractivity contribution in [2.45, 2.75) is 39.8 Å². The van der Waals surface area contributed by atoms with E-state index in [1.54, 1.807) is 6.20 Å². The van der Waals surface area contributed by atoms with Gasteiger partial charge in [0.05, 0.1) is 0 Å². The van der Waals surface area contributed by atoms with Crippen molar-refractivity contribution in [2.75, 3.05) is 13.1 Å². The summed E-state index contributed by atoms with van der Waals surface area (Å²) in [6.07, 6.45) is 7.14. The predicted molar refractivity (Wildman–Crippen MR) is 84.1 cm³/mol. The lowest BCUT2D eigenvalue weighted by molar-refractivity contribution is 0.0534. The molecular formula is C16H25N3O2. The summed E-state index contributed by atoms with van der Waals surface area (Å²) < 4.78 is 5.13. The smallest absolute Gasteiger partial charge is 0.407 e. The van der Waals surface area contributed by atoms with Crippen molar-refractivity contribution in [3.8, 4) is 0 Å². The monoisotopic (exact) mass is 291 g/mol. The molecule has 1 amide bonds. The molecule has 0 aliphatic rings. The molecule has 1 aromatic rings. The number of alkyl carbamates (subject to hydrolysis) is 1. The molecule has 1 aromatic heterocycles. The highest BCUT2D eigenvalue weighted by atomic mass is 16.6. The Bertz CT molecular complexity index is 479. The van der Waals surface area contributed by atoms with Crippen LogP contribution in [0.15, 0.2) is 30.6 Å². The van der Waals surface area contributed by atoms with E-state index in [1.807, 2.05) is 45.2 Å². The van der Waals surface area contributed by atoms with E-state index in [0.29, 0.717) is 6.54 Å². The molecule has 0 saturated carbocycles. The summed E-state index contributed by atoms with van der Waals surface area (Å²) >= 11 is 0. The average Bonchev–Trinajstić information content (AvgIpc) is 2.37. The van der Waals surface area contributed by atoms with E-state index in [9.17, 15) is 4.79 Å². The van der Waals surface area contributed by atoms with Gasteiger partial charge in [-0.25, -0.2) is 4.79 Å². The third kappa shape index (κ3) is 8.09. The zero-order valence-electron chi connectivity index (χ0n) is 13.3. The summed E-state index contributed by atoms with van der Waals surface area (Å²) in [5, 5.41) is 5.97. The van der Waals surface area contributed by atoms with Crippen LogP contribution in [-0.2, 0) is 11.3 Å². The quantitative estimate of drug-likeness (QED) is 0.624. The third-order valence-corrected chi connectivity index (χ3v) is 2.65. The molecule has 0 saturated heterocycles. The van der Waals surface area contributed by atoms with Gasteiger partial charge in [-0.1, -0.05) is 12.2 Å². The molecule has 0 spiro atoms. The van der Waals surface area contributed by atoms with Crippen LogP contribution in [0.4, 0.5) is 4.79 Å². The maximum atomic E-state index is 11.4. The van der Waals surface area contributed by atoms with E-state index in [-0.39, 0.29) is 0 Å². The van der Waals surface area contributed by atoms with E-state index in [0.717, 1.165) is 13.1 Å². The van der Waals surface area contributed by atoms with E-state index in [1.165, 1.54) is 11.1 Å². The van der Waals surface area contributed by atoms with Crippen molar-refractivity contribution in [2.24, 2.45) is 0 Å². The van der Waals surface area contributed by atoms with Crippen LogP contribution in [-0.4, -0.2) is 29.8 Å². The van der Waals surface area contributed by atoms with Crippen LogP contribution in [0.5, 0.6) is 0 Å². The number of carbonyl (C=O) groups excluding carboxylic acids is 1. The Morgan fingerprint density at radius 2 is 2.05 bits per heavy atom. The molecule has 1 rings (SSSR count). The summed E-state index contributed by atoms with van der Waals surface area (Å²) in [5.74, 6) is 0. The Morgan fingerprint density at radius 3 is 2.71 bits per heavy atom. The van der Waals surface area contributed by atoms with Crippen LogP contribution >= 0.6 is 0 Å². The standard InChI is InChI=1S/C16H25N3O2/c1-13-7-10-18-12-14(13)11-17-8-5-6-9-19-15(20)21-16(2,3)4/h5-7,10,12,17H,8-9,11H2,1-4H3,(H,19,20)/b6-5+. The molecule has 2 N–H and O–H groups in total. The molecule has 116 valence electrons. The van der Waals surface area contributed by atoms with Gasteiger partial charge in [0.15, 0.2) is 0 Å². The molecular weight excluding hydrogens is 266 g/mol. The number of hydrogen-bond donors (Lipinski definition) is 2. The number of aromatic nitrogens is 1. The molecule has 1 heterocycles. The maximum Gasteiger partial charge on any atom is 0.407 e. The zero-order valence-corrected chi connectivity index (χ0v) is 13.3. The van der Waals surface area contributed by atoms with Crippen molar-refractivity contribution in [1.29, 1.82) is 0 Å². The van der Waals surface area contributed by atoms with Crippen molar-refractivity contribution < 1.29 is 9.53 Å². The fourth-order valence-corrected chi connectivity index (χ4v) is 1.60. The number of carbonyl (C=O) groups is 1. The van der Waals surface area contributed by atoms with Gasteiger partial charge in [-0.3, -0.25) is 4.98 Å². The van der Waals surface area contributed by atoms with Crippen LogP contribution in [0.3, 0.4) is 0 Å². The first-order valence-electron chi connectivity index (χ1n) is 7.10. The van der Waals surface area contributed by atoms with Gasteiger partial charge in [-0.15, -0.1) is 0 Å². The first-order chi connectivity index (χ1) is 9.88. The number of hydrogen-bond acceptors (Lipinski definition) is 4. The Morgan fingerprint density at radius 1 is 1.33 bits per heavy atom. The van der Waals surface area contributed by atoms with Gasteiger partial charge in [0, 0.05) is 32.0 Å². The van der Waals surface area contributed by atoms with E-state index < -0.39 is 11.7 Å². The number of rotatable bonds is 6. The summed E-state index contributed by atoms with van der Waals surface area (Å²) in [5.41, 5.74) is 1.96. The Kier molecular flexibility index (Phi) is 6.88. The zero-order chi connectivity index (χ0) is 15.7. The topological polar surface area (TPSA) is 63.2 Å². The largest absolute Gasteiger partial charge is 0.444 e. The number of nitrogens with zero attached hydrogens (tertiary/aromatic N) is 1. The number of aryl methyl sites for hydroxylation is 1. The lowest BCUT2D eigenvalue weighted by atomic mass is 10.1. The molecule has 5 nitrogen and oxygen atoms in total. The molecule has 0 aliphatic heterocycles. The van der Waals surface area contributed by atoms with Gasteiger partial charge in [0.25, 0.3) is 0 Å². The minimum atomic E-state index is -0.461. The lowest BCUT2D eigenvalue weighted by Gasteiger charge is -2.19. The highest BCUT2D eigenvalue weighted by Gasteiger charge is 2.14. The molecule has 0 fully saturated rings. The highest BCUT2D eigenvalue weighted by molar-refractivity contribution is 5.67. The van der Waals surface area contributed by atoms with E-state index >= 15 is 0 Å². The Labute approximate surface area is 126 Å². The van der Waals surface area contributed by atoms with Gasteiger partial charge < -0.3 is 15.4 Å². The van der Waals surface area contributed by atoms with Crippen molar-refractivity contribution in [1.82, 2.24) is 15.6 Å². The Hall–Kier alpha value is -1.88. The second-order valence-corrected chi connectivity index (χ2v) is 5.79. The van der Waals surface area contributed by atoms with Crippen LogP contribution in [0, 0.1) is 6.92 Å². The van der Waals surface area contributed by atoms with Gasteiger partial charge in [0.1, 0.15) is 5.60 Å². The molecule has 0 atom stereocenters. The molecule has 21 heavy (non-hydrogen) atoms. The van der Waals surface area contributed by atoms with Gasteiger partial charge in [-0.2, -0.15) is 0 Å². The van der Waals surface area contributed by atoms with Gasteiger partial charge in [0.2, 0.25) is 0 Å². The summed E-state index contributed by atoms with van der Waals surface area (Å²) in [6.45, 7) is 9.57. The Balaban J connectivity index is 2.13. The van der Waals surface area contributed by atoms with Crippen LogP contribution < -0.4 is 10.6 Å². The molecule has 0 aliphatic carbocycles. The number of amides is 1. The second-order valence-electron chi connectivity index (χ2n) is 5.79. The lowest BCUT2D eigenvalue weighted by Crippen LogP contribution is -2.32. The normalized spacial score (nSPS) is 11.6. The average molecular weight is 291 g/mol. The van der Waals surface area contributed by atoms with Crippen molar-refractivity contribution in [3.63, 3.8) is 0 Å². The van der Waals surface area contributed by atoms with Gasteiger partial charge >= 0.3 is 6.09 Å².